The number of nitro benzene ring substituents is 1. The molecule has 0 unspecified atom stereocenters. The van der Waals surface area contributed by atoms with Crippen molar-refractivity contribution in [2.24, 2.45) is 5.73 Å². The van der Waals surface area contributed by atoms with Gasteiger partial charge < -0.3 is 15.8 Å². The number of benzene rings is 1. The molecule has 2 rings (SSSR count). The van der Waals surface area contributed by atoms with Crippen molar-refractivity contribution in [2.45, 2.75) is 24.8 Å². The summed E-state index contributed by atoms with van der Waals surface area (Å²) < 4.78 is 4.89. The summed E-state index contributed by atoms with van der Waals surface area (Å²) in [6.07, 6.45) is 2.20. The molecule has 0 heterocycles. The number of amides is 1. The smallest absolute Gasteiger partial charge is 0.312 e. The highest BCUT2D eigenvalue weighted by molar-refractivity contribution is 5.98. The van der Waals surface area contributed by atoms with Crippen LogP contribution < -0.4 is 15.8 Å². The van der Waals surface area contributed by atoms with Crippen LogP contribution >= 0.6 is 0 Å². The number of carbonyl (C=O) groups excluding carboxylic acids is 1. The number of nitro groups is 1. The number of methoxy groups -OCH3 is 1. The van der Waals surface area contributed by atoms with Crippen LogP contribution in [0.15, 0.2) is 18.2 Å². The minimum absolute atomic E-state index is 0.147. The molecule has 1 aliphatic carbocycles. The Morgan fingerprint density at radius 3 is 2.68 bits per heavy atom. The number of nitrogens with two attached hydrogens (primary N) is 1. The third kappa shape index (κ3) is 2.50. The van der Waals surface area contributed by atoms with Gasteiger partial charge >= 0.3 is 5.69 Å². The lowest BCUT2D eigenvalue weighted by Crippen LogP contribution is -2.56. The average Bonchev–Trinajstić information content (AvgIpc) is 2.35. The van der Waals surface area contributed by atoms with Crippen molar-refractivity contribution in [2.75, 3.05) is 12.4 Å². The second kappa shape index (κ2) is 4.85. The van der Waals surface area contributed by atoms with E-state index in [4.69, 9.17) is 10.5 Å². The first-order chi connectivity index (χ1) is 8.96. The van der Waals surface area contributed by atoms with E-state index in [0.717, 1.165) is 6.42 Å². The Labute approximate surface area is 109 Å². The maximum absolute atomic E-state index is 11.9. The van der Waals surface area contributed by atoms with E-state index in [1.807, 2.05) is 0 Å². The van der Waals surface area contributed by atoms with Gasteiger partial charge in [-0.25, -0.2) is 0 Å². The number of hydrogen-bond acceptors (Lipinski definition) is 5. The number of carbonyl (C=O) groups is 1. The van der Waals surface area contributed by atoms with Gasteiger partial charge in [0.05, 0.1) is 17.6 Å². The normalized spacial score (nSPS) is 16.3. The molecular weight excluding hydrogens is 250 g/mol. The monoisotopic (exact) mass is 265 g/mol. The van der Waals surface area contributed by atoms with Crippen molar-refractivity contribution in [3.63, 3.8) is 0 Å². The van der Waals surface area contributed by atoms with Crippen molar-refractivity contribution in [3.05, 3.63) is 28.3 Å². The number of nitrogens with one attached hydrogen (secondary N) is 1. The summed E-state index contributed by atoms with van der Waals surface area (Å²) in [7, 11) is 1.35. The maximum atomic E-state index is 11.9. The summed E-state index contributed by atoms with van der Waals surface area (Å²) in [4.78, 5) is 22.2. The lowest BCUT2D eigenvalue weighted by Gasteiger charge is -2.36. The molecule has 19 heavy (non-hydrogen) atoms. The molecular formula is C12H15N3O4. The molecule has 0 aliphatic heterocycles. The van der Waals surface area contributed by atoms with Crippen LogP contribution in [0, 0.1) is 10.1 Å². The molecule has 1 aromatic rings. The molecule has 0 atom stereocenters. The Balaban J connectivity index is 2.19. The zero-order chi connectivity index (χ0) is 14.0. The largest absolute Gasteiger partial charge is 0.490 e. The standard InChI is InChI=1S/C12H15N3O4/c1-19-10-4-3-8(7-9(10)15(17)18)14-11(16)12(13)5-2-6-12/h3-4,7H,2,5-6,13H2,1H3,(H,14,16). The van der Waals surface area contributed by atoms with E-state index in [1.54, 1.807) is 6.07 Å². The first-order valence-corrected chi connectivity index (χ1v) is 5.89. The zero-order valence-corrected chi connectivity index (χ0v) is 10.5. The minimum Gasteiger partial charge on any atom is -0.490 e. The molecule has 7 nitrogen and oxygen atoms in total. The third-order valence-electron chi connectivity index (χ3n) is 3.33. The third-order valence-corrected chi connectivity index (χ3v) is 3.33. The van der Waals surface area contributed by atoms with Gasteiger partial charge in [0.15, 0.2) is 5.75 Å². The fraction of sp³-hybridized carbons (Fsp3) is 0.417. The Morgan fingerprint density at radius 2 is 2.21 bits per heavy atom. The molecule has 7 heteroatoms. The molecule has 1 amide bonds. The van der Waals surface area contributed by atoms with E-state index >= 15 is 0 Å². The van der Waals surface area contributed by atoms with Gasteiger partial charge in [-0.2, -0.15) is 0 Å². The fourth-order valence-corrected chi connectivity index (χ4v) is 1.95. The van der Waals surface area contributed by atoms with Gasteiger partial charge in [0, 0.05) is 11.8 Å². The Morgan fingerprint density at radius 1 is 1.53 bits per heavy atom. The summed E-state index contributed by atoms with van der Waals surface area (Å²) in [6.45, 7) is 0. The Hall–Kier alpha value is -2.15. The highest BCUT2D eigenvalue weighted by Crippen LogP contribution is 2.32. The Kier molecular flexibility index (Phi) is 3.39. The lowest BCUT2D eigenvalue weighted by atomic mass is 9.77. The van der Waals surface area contributed by atoms with Gasteiger partial charge in [-0.3, -0.25) is 14.9 Å². The highest BCUT2D eigenvalue weighted by Gasteiger charge is 2.40. The summed E-state index contributed by atoms with van der Waals surface area (Å²) in [6, 6.07) is 4.25. The highest BCUT2D eigenvalue weighted by atomic mass is 16.6. The molecule has 1 aliphatic rings. The maximum Gasteiger partial charge on any atom is 0.312 e. The van der Waals surface area contributed by atoms with Crippen molar-refractivity contribution < 1.29 is 14.5 Å². The van der Waals surface area contributed by atoms with Gasteiger partial charge in [-0.1, -0.05) is 0 Å². The van der Waals surface area contributed by atoms with Crippen LogP contribution in [0.1, 0.15) is 19.3 Å². The predicted molar refractivity (Wildman–Crippen MR) is 69.0 cm³/mol. The molecule has 3 N–H and O–H groups in total. The van der Waals surface area contributed by atoms with Gasteiger partial charge in [-0.05, 0) is 31.4 Å². The number of anilines is 1. The number of rotatable bonds is 4. The fourth-order valence-electron chi connectivity index (χ4n) is 1.95. The van der Waals surface area contributed by atoms with E-state index in [-0.39, 0.29) is 17.3 Å². The molecule has 0 aromatic heterocycles. The summed E-state index contributed by atoms with van der Waals surface area (Å²) in [5.74, 6) is -0.160. The lowest BCUT2D eigenvalue weighted by molar-refractivity contribution is -0.385. The van der Waals surface area contributed by atoms with Crippen LogP contribution in [0.25, 0.3) is 0 Å². The van der Waals surface area contributed by atoms with E-state index in [2.05, 4.69) is 5.32 Å². The topological polar surface area (TPSA) is 107 Å². The van der Waals surface area contributed by atoms with E-state index in [1.165, 1.54) is 19.2 Å². The molecule has 0 spiro atoms. The van der Waals surface area contributed by atoms with Crippen molar-refractivity contribution in [1.82, 2.24) is 0 Å². The van der Waals surface area contributed by atoms with Crippen molar-refractivity contribution >= 4 is 17.3 Å². The SMILES string of the molecule is COc1ccc(NC(=O)C2(N)CCC2)cc1[N+](=O)[O-]. The van der Waals surface area contributed by atoms with Crippen LogP contribution in [-0.4, -0.2) is 23.5 Å². The molecule has 1 fully saturated rings. The van der Waals surface area contributed by atoms with Crippen LogP contribution in [0.3, 0.4) is 0 Å². The number of ether oxygens (including phenoxy) is 1. The second-order valence-electron chi connectivity index (χ2n) is 4.61. The summed E-state index contributed by atoms with van der Waals surface area (Å²) >= 11 is 0. The van der Waals surface area contributed by atoms with E-state index < -0.39 is 10.5 Å². The molecule has 0 radical (unpaired) electrons. The quantitative estimate of drug-likeness (QED) is 0.632. The van der Waals surface area contributed by atoms with Gasteiger partial charge in [0.1, 0.15) is 0 Å². The number of nitrogens with zero attached hydrogens (tertiary/aromatic N) is 1. The van der Waals surface area contributed by atoms with Crippen LogP contribution in [-0.2, 0) is 4.79 Å². The molecule has 0 saturated heterocycles. The predicted octanol–water partition coefficient (Wildman–Crippen LogP) is 1.42. The van der Waals surface area contributed by atoms with E-state index in [0.29, 0.717) is 18.5 Å². The van der Waals surface area contributed by atoms with Crippen LogP contribution in [0.2, 0.25) is 0 Å². The Bertz CT molecular complexity index is 526. The number of hydrogen-bond donors (Lipinski definition) is 2. The summed E-state index contributed by atoms with van der Waals surface area (Å²) in [5, 5.41) is 13.5. The molecule has 102 valence electrons. The first kappa shape index (κ1) is 13.3. The average molecular weight is 265 g/mol. The first-order valence-electron chi connectivity index (χ1n) is 5.89. The van der Waals surface area contributed by atoms with E-state index in [9.17, 15) is 14.9 Å². The zero-order valence-electron chi connectivity index (χ0n) is 10.5. The minimum atomic E-state index is -0.839. The van der Waals surface area contributed by atoms with Crippen molar-refractivity contribution in [3.8, 4) is 5.75 Å². The van der Waals surface area contributed by atoms with Gasteiger partial charge in [-0.15, -0.1) is 0 Å². The van der Waals surface area contributed by atoms with Crippen LogP contribution in [0.5, 0.6) is 5.75 Å². The molecule has 1 saturated carbocycles. The summed E-state index contributed by atoms with van der Waals surface area (Å²) in [5.41, 5.74) is 5.19. The molecule has 1 aromatic carbocycles. The van der Waals surface area contributed by atoms with Gasteiger partial charge in [0.2, 0.25) is 5.91 Å². The molecule has 0 bridgehead atoms. The van der Waals surface area contributed by atoms with Gasteiger partial charge in [0.25, 0.3) is 0 Å². The second-order valence-corrected chi connectivity index (χ2v) is 4.61. The van der Waals surface area contributed by atoms with Crippen molar-refractivity contribution in [1.29, 1.82) is 0 Å². The van der Waals surface area contributed by atoms with Crippen LogP contribution in [0.4, 0.5) is 11.4 Å².